The van der Waals surface area contributed by atoms with Crippen LogP contribution in [0.15, 0.2) is 52.3 Å². The molecule has 1 aromatic heterocycles. The fraction of sp³-hybridized carbons (Fsp3) is 0.391. The van der Waals surface area contributed by atoms with E-state index < -0.39 is 19.9 Å². The lowest BCUT2D eigenvalue weighted by Gasteiger charge is -2.22. The molecule has 9 nitrogen and oxygen atoms in total. The van der Waals surface area contributed by atoms with Crippen molar-refractivity contribution in [1.29, 1.82) is 0 Å². The van der Waals surface area contributed by atoms with Crippen LogP contribution in [0.3, 0.4) is 0 Å². The van der Waals surface area contributed by atoms with Gasteiger partial charge in [-0.1, -0.05) is 31.3 Å². The number of amides is 1. The van der Waals surface area contributed by atoms with Crippen molar-refractivity contribution in [3.05, 3.63) is 48.0 Å². The average molecular weight is 575 g/mol. The largest absolute Gasteiger partial charge is 0.308 e. The number of thiazole rings is 1. The minimum absolute atomic E-state index is 0. The first kappa shape index (κ1) is 30.1. The number of hydrogen-bond acceptors (Lipinski definition) is 8. The van der Waals surface area contributed by atoms with Gasteiger partial charge in [0.15, 0.2) is 15.0 Å². The molecule has 0 aliphatic heterocycles. The SMILES string of the molecule is CCN(CC)S(=O)(=O)c1ccc(C(=O)N(CCN(C)C)c2nc3c(S(C)(=O)=O)cccc3s2)cc1.Cl. The summed E-state index contributed by atoms with van der Waals surface area (Å²) in [6, 6.07) is 10.8. The van der Waals surface area contributed by atoms with Crippen molar-refractivity contribution in [2.24, 2.45) is 0 Å². The predicted octanol–water partition coefficient (Wildman–Crippen LogP) is 3.36. The molecule has 0 unspecified atom stereocenters. The molecular formula is C23H31ClN4O5S3. The predicted molar refractivity (Wildman–Crippen MR) is 147 cm³/mol. The van der Waals surface area contributed by atoms with E-state index in [1.165, 1.54) is 50.9 Å². The highest BCUT2D eigenvalue weighted by atomic mass is 35.5. The number of sulfone groups is 1. The molecular weight excluding hydrogens is 544 g/mol. The maximum Gasteiger partial charge on any atom is 0.260 e. The van der Waals surface area contributed by atoms with Crippen LogP contribution in [-0.2, 0) is 19.9 Å². The fourth-order valence-electron chi connectivity index (χ4n) is 3.55. The maximum atomic E-state index is 13.5. The van der Waals surface area contributed by atoms with E-state index in [0.29, 0.717) is 47.1 Å². The summed E-state index contributed by atoms with van der Waals surface area (Å²) in [5.41, 5.74) is 0.642. The van der Waals surface area contributed by atoms with Gasteiger partial charge < -0.3 is 4.90 Å². The summed E-state index contributed by atoms with van der Waals surface area (Å²) in [7, 11) is -3.37. The number of fused-ring (bicyclic) bond motifs is 1. The van der Waals surface area contributed by atoms with Gasteiger partial charge in [0.2, 0.25) is 10.0 Å². The second-order valence-electron chi connectivity index (χ2n) is 8.25. The molecule has 0 radical (unpaired) electrons. The Labute approximate surface area is 223 Å². The van der Waals surface area contributed by atoms with Crippen LogP contribution in [-0.4, -0.2) is 83.5 Å². The summed E-state index contributed by atoms with van der Waals surface area (Å²) in [4.78, 5) is 21.7. The lowest BCUT2D eigenvalue weighted by atomic mass is 10.2. The maximum absolute atomic E-state index is 13.5. The van der Waals surface area contributed by atoms with Crippen LogP contribution < -0.4 is 4.90 Å². The number of rotatable bonds is 10. The molecule has 1 heterocycles. The van der Waals surface area contributed by atoms with Gasteiger partial charge in [-0.25, -0.2) is 21.8 Å². The van der Waals surface area contributed by atoms with E-state index in [1.54, 1.807) is 26.0 Å². The minimum Gasteiger partial charge on any atom is -0.308 e. The van der Waals surface area contributed by atoms with E-state index >= 15 is 0 Å². The van der Waals surface area contributed by atoms with Crippen LogP contribution in [0, 0.1) is 0 Å². The molecule has 36 heavy (non-hydrogen) atoms. The van der Waals surface area contributed by atoms with Crippen LogP contribution in [0.4, 0.5) is 5.13 Å². The molecule has 0 atom stereocenters. The first-order valence-corrected chi connectivity index (χ1v) is 15.2. The quantitative estimate of drug-likeness (QED) is 0.365. The topological polar surface area (TPSA) is 108 Å². The Morgan fingerprint density at radius 2 is 1.56 bits per heavy atom. The summed E-state index contributed by atoms with van der Waals surface area (Å²) < 4.78 is 52.0. The highest BCUT2D eigenvalue weighted by Gasteiger charge is 2.25. The fourth-order valence-corrected chi connectivity index (χ4v) is 6.92. The zero-order valence-corrected chi connectivity index (χ0v) is 24.1. The van der Waals surface area contributed by atoms with Gasteiger partial charge in [-0.15, -0.1) is 12.4 Å². The van der Waals surface area contributed by atoms with Crippen LogP contribution in [0.1, 0.15) is 24.2 Å². The van der Waals surface area contributed by atoms with E-state index in [0.717, 1.165) is 6.26 Å². The Kier molecular flexibility index (Phi) is 10.0. The Balaban J connectivity index is 0.00000456. The summed E-state index contributed by atoms with van der Waals surface area (Å²) in [6.07, 6.45) is 1.13. The number of hydrogen-bond donors (Lipinski definition) is 0. The summed E-state index contributed by atoms with van der Waals surface area (Å²) in [5, 5.41) is 0.378. The van der Waals surface area contributed by atoms with Crippen molar-refractivity contribution in [2.75, 3.05) is 51.4 Å². The average Bonchev–Trinajstić information content (AvgIpc) is 3.22. The molecule has 0 bridgehead atoms. The molecule has 0 spiro atoms. The van der Waals surface area contributed by atoms with Crippen molar-refractivity contribution >= 4 is 64.9 Å². The lowest BCUT2D eigenvalue weighted by Crippen LogP contribution is -2.36. The third-order valence-corrected chi connectivity index (χ3v) is 9.70. The summed E-state index contributed by atoms with van der Waals surface area (Å²) >= 11 is 1.24. The van der Waals surface area contributed by atoms with Gasteiger partial charge in [-0.2, -0.15) is 4.31 Å². The van der Waals surface area contributed by atoms with E-state index in [-0.39, 0.29) is 28.1 Å². The van der Waals surface area contributed by atoms with Gasteiger partial charge in [0.05, 0.1) is 14.5 Å². The number of aromatic nitrogens is 1. The molecule has 0 aliphatic carbocycles. The molecule has 198 valence electrons. The van der Waals surface area contributed by atoms with E-state index in [2.05, 4.69) is 4.98 Å². The standard InChI is InChI=1S/C23H30N4O5S3.ClH/c1-6-26(7-2)35(31,32)18-13-11-17(12-14-18)22(28)27(16-15-25(3)4)23-24-21-19(33-23)9-8-10-20(21)34(5,29)30;/h8-14H,6-7,15-16H2,1-5H3;1H. The van der Waals surface area contributed by atoms with Crippen molar-refractivity contribution in [3.8, 4) is 0 Å². The molecule has 13 heteroatoms. The Bertz CT molecular complexity index is 1420. The molecule has 0 saturated heterocycles. The minimum atomic E-state index is -3.64. The van der Waals surface area contributed by atoms with Gasteiger partial charge in [-0.05, 0) is 50.5 Å². The lowest BCUT2D eigenvalue weighted by molar-refractivity contribution is 0.0985. The second kappa shape index (κ2) is 12.0. The molecule has 2 aromatic carbocycles. The number of benzene rings is 2. The van der Waals surface area contributed by atoms with Crippen LogP contribution in [0.25, 0.3) is 10.2 Å². The third-order valence-electron chi connectivity index (χ3n) is 5.46. The van der Waals surface area contributed by atoms with Crippen molar-refractivity contribution in [2.45, 2.75) is 23.6 Å². The second-order valence-corrected chi connectivity index (χ2v) is 13.2. The van der Waals surface area contributed by atoms with Gasteiger partial charge in [0.1, 0.15) is 5.52 Å². The van der Waals surface area contributed by atoms with Crippen LogP contribution in [0.2, 0.25) is 0 Å². The highest BCUT2D eigenvalue weighted by Crippen LogP contribution is 2.33. The Morgan fingerprint density at radius 3 is 2.08 bits per heavy atom. The van der Waals surface area contributed by atoms with Gasteiger partial charge in [0, 0.05) is 38.0 Å². The highest BCUT2D eigenvalue weighted by molar-refractivity contribution is 7.91. The van der Waals surface area contributed by atoms with E-state index in [9.17, 15) is 21.6 Å². The smallest absolute Gasteiger partial charge is 0.260 e. The molecule has 3 aromatic rings. The molecule has 0 aliphatic rings. The van der Waals surface area contributed by atoms with Gasteiger partial charge in [-0.3, -0.25) is 9.69 Å². The Morgan fingerprint density at radius 1 is 0.944 bits per heavy atom. The molecule has 0 fully saturated rings. The Hall–Kier alpha value is -2.09. The monoisotopic (exact) mass is 574 g/mol. The first-order chi connectivity index (χ1) is 16.4. The number of anilines is 1. The van der Waals surface area contributed by atoms with Crippen LogP contribution >= 0.6 is 23.7 Å². The van der Waals surface area contributed by atoms with Crippen molar-refractivity contribution < 1.29 is 21.6 Å². The van der Waals surface area contributed by atoms with Crippen LogP contribution in [0.5, 0.6) is 0 Å². The molecule has 0 N–H and O–H groups in total. The molecule has 3 rings (SSSR count). The van der Waals surface area contributed by atoms with Crippen molar-refractivity contribution in [3.63, 3.8) is 0 Å². The summed E-state index contributed by atoms with van der Waals surface area (Å²) in [5.74, 6) is -0.349. The zero-order chi connectivity index (χ0) is 26.0. The van der Waals surface area contributed by atoms with E-state index in [4.69, 9.17) is 0 Å². The first-order valence-electron chi connectivity index (χ1n) is 11.1. The zero-order valence-electron chi connectivity index (χ0n) is 20.8. The number of para-hydroxylation sites is 1. The molecule has 0 saturated carbocycles. The van der Waals surface area contributed by atoms with E-state index in [1.807, 2.05) is 19.0 Å². The normalized spacial score (nSPS) is 12.2. The van der Waals surface area contributed by atoms with Gasteiger partial charge in [0.25, 0.3) is 5.91 Å². The number of nitrogens with zero attached hydrogens (tertiary/aromatic N) is 4. The number of halogens is 1. The summed E-state index contributed by atoms with van der Waals surface area (Å²) in [6.45, 7) is 5.12. The number of sulfonamides is 1. The third kappa shape index (κ3) is 6.42. The van der Waals surface area contributed by atoms with Crippen molar-refractivity contribution in [1.82, 2.24) is 14.2 Å². The van der Waals surface area contributed by atoms with Gasteiger partial charge >= 0.3 is 0 Å². The number of carbonyl (C=O) groups is 1. The number of carbonyl (C=O) groups excluding carboxylic acids is 1. The number of likely N-dealkylation sites (N-methyl/N-ethyl adjacent to an activating group) is 1. The molecule has 1 amide bonds.